The summed E-state index contributed by atoms with van der Waals surface area (Å²) < 4.78 is 6.39. The van der Waals surface area contributed by atoms with Crippen LogP contribution in [0.1, 0.15) is 5.56 Å². The third-order valence-electron chi connectivity index (χ3n) is 2.58. The van der Waals surface area contributed by atoms with Gasteiger partial charge >= 0.3 is 0 Å². The molecule has 2 aromatic carbocycles. The molecule has 0 aromatic heterocycles. The lowest BCUT2D eigenvalue weighted by Crippen LogP contribution is -2.00. The van der Waals surface area contributed by atoms with Crippen LogP contribution in [0.25, 0.3) is 0 Å². The molecule has 0 aliphatic carbocycles. The minimum absolute atomic E-state index is 0.124. The highest BCUT2D eigenvalue weighted by Gasteiger charge is 2.12. The standard InChI is InChI=1S/C13H10BrClN2O3/c14-9-2-3-10(15)13(6-9)20-7-8-1-4-11(16)12(5-8)17(18)19/h1-6H,7,16H2. The van der Waals surface area contributed by atoms with Crippen molar-refractivity contribution < 1.29 is 9.66 Å². The lowest BCUT2D eigenvalue weighted by Gasteiger charge is -2.09. The van der Waals surface area contributed by atoms with E-state index in [9.17, 15) is 10.1 Å². The van der Waals surface area contributed by atoms with Crippen LogP contribution >= 0.6 is 27.5 Å². The summed E-state index contributed by atoms with van der Waals surface area (Å²) in [7, 11) is 0. The molecule has 0 saturated carbocycles. The smallest absolute Gasteiger partial charge is 0.292 e. The molecule has 0 spiro atoms. The molecule has 0 amide bonds. The van der Waals surface area contributed by atoms with Crippen LogP contribution < -0.4 is 10.5 Å². The minimum atomic E-state index is -0.523. The quantitative estimate of drug-likeness (QED) is 0.506. The van der Waals surface area contributed by atoms with Gasteiger partial charge in [0, 0.05) is 10.5 Å². The maximum atomic E-state index is 10.8. The Kier molecular flexibility index (Phi) is 4.46. The molecule has 0 aliphatic rings. The zero-order valence-electron chi connectivity index (χ0n) is 10.2. The third-order valence-corrected chi connectivity index (χ3v) is 3.38. The number of benzene rings is 2. The summed E-state index contributed by atoms with van der Waals surface area (Å²) in [6.07, 6.45) is 0. The molecule has 20 heavy (non-hydrogen) atoms. The van der Waals surface area contributed by atoms with E-state index in [0.717, 1.165) is 4.47 Å². The average molecular weight is 358 g/mol. The second kappa shape index (κ2) is 6.11. The molecule has 0 aliphatic heterocycles. The summed E-state index contributed by atoms with van der Waals surface area (Å²) in [4.78, 5) is 10.3. The van der Waals surface area contributed by atoms with Crippen molar-refractivity contribution in [3.05, 3.63) is 61.6 Å². The van der Waals surface area contributed by atoms with E-state index in [0.29, 0.717) is 16.3 Å². The molecular formula is C13H10BrClN2O3. The Morgan fingerprint density at radius 1 is 1.30 bits per heavy atom. The number of halogens is 2. The summed E-state index contributed by atoms with van der Waals surface area (Å²) in [6.45, 7) is 0.164. The lowest BCUT2D eigenvalue weighted by molar-refractivity contribution is -0.384. The molecule has 2 aromatic rings. The van der Waals surface area contributed by atoms with Gasteiger partial charge in [0.25, 0.3) is 5.69 Å². The van der Waals surface area contributed by atoms with E-state index in [4.69, 9.17) is 22.1 Å². The Morgan fingerprint density at radius 3 is 2.75 bits per heavy atom. The van der Waals surface area contributed by atoms with Gasteiger partial charge in [-0.15, -0.1) is 0 Å². The van der Waals surface area contributed by atoms with Crippen LogP contribution in [0.3, 0.4) is 0 Å². The number of anilines is 1. The van der Waals surface area contributed by atoms with Crippen LogP contribution in [0, 0.1) is 10.1 Å². The number of ether oxygens (including phenoxy) is 1. The van der Waals surface area contributed by atoms with Crippen molar-refractivity contribution in [3.8, 4) is 5.75 Å². The molecule has 0 atom stereocenters. The van der Waals surface area contributed by atoms with Crippen LogP contribution in [-0.4, -0.2) is 4.92 Å². The van der Waals surface area contributed by atoms with Crippen molar-refractivity contribution in [2.75, 3.05) is 5.73 Å². The predicted octanol–water partition coefficient (Wildman–Crippen LogP) is 4.17. The van der Waals surface area contributed by atoms with Gasteiger partial charge in [0.2, 0.25) is 0 Å². The molecule has 2 N–H and O–H groups in total. The molecule has 7 heteroatoms. The minimum Gasteiger partial charge on any atom is -0.487 e. The van der Waals surface area contributed by atoms with E-state index in [1.807, 2.05) is 0 Å². The third kappa shape index (κ3) is 3.40. The van der Waals surface area contributed by atoms with Crippen molar-refractivity contribution >= 4 is 38.9 Å². The number of hydrogen-bond acceptors (Lipinski definition) is 4. The van der Waals surface area contributed by atoms with E-state index in [-0.39, 0.29) is 18.0 Å². The molecule has 5 nitrogen and oxygen atoms in total. The van der Waals surface area contributed by atoms with E-state index >= 15 is 0 Å². The van der Waals surface area contributed by atoms with E-state index in [1.54, 1.807) is 24.3 Å². The highest BCUT2D eigenvalue weighted by Crippen LogP contribution is 2.29. The number of nitrogens with zero attached hydrogens (tertiary/aromatic N) is 1. The highest BCUT2D eigenvalue weighted by atomic mass is 79.9. The first-order valence-corrected chi connectivity index (χ1v) is 6.75. The fourth-order valence-electron chi connectivity index (χ4n) is 1.59. The second-order valence-electron chi connectivity index (χ2n) is 4.01. The maximum absolute atomic E-state index is 10.8. The fraction of sp³-hybridized carbons (Fsp3) is 0.0769. The van der Waals surface area contributed by atoms with Gasteiger partial charge < -0.3 is 10.5 Å². The Labute approximate surface area is 128 Å². The Balaban J connectivity index is 2.17. The molecule has 0 unspecified atom stereocenters. The molecule has 0 bridgehead atoms. The van der Waals surface area contributed by atoms with Crippen molar-refractivity contribution in [2.45, 2.75) is 6.61 Å². The van der Waals surface area contributed by atoms with Gasteiger partial charge in [0.05, 0.1) is 9.95 Å². The van der Waals surface area contributed by atoms with Gasteiger partial charge in [-0.05, 0) is 29.8 Å². The topological polar surface area (TPSA) is 78.4 Å². The summed E-state index contributed by atoms with van der Waals surface area (Å²) in [5.41, 5.74) is 6.16. The van der Waals surface area contributed by atoms with Crippen LogP contribution in [0.2, 0.25) is 5.02 Å². The van der Waals surface area contributed by atoms with Gasteiger partial charge in [-0.1, -0.05) is 33.6 Å². The van der Waals surface area contributed by atoms with E-state index in [1.165, 1.54) is 12.1 Å². The first-order valence-electron chi connectivity index (χ1n) is 5.58. The zero-order valence-corrected chi connectivity index (χ0v) is 12.5. The maximum Gasteiger partial charge on any atom is 0.292 e. The fourth-order valence-corrected chi connectivity index (χ4v) is 2.10. The van der Waals surface area contributed by atoms with E-state index in [2.05, 4.69) is 15.9 Å². The van der Waals surface area contributed by atoms with Crippen molar-refractivity contribution in [3.63, 3.8) is 0 Å². The van der Waals surface area contributed by atoms with Gasteiger partial charge in [-0.3, -0.25) is 10.1 Å². The molecule has 0 heterocycles. The lowest BCUT2D eigenvalue weighted by atomic mass is 10.2. The highest BCUT2D eigenvalue weighted by molar-refractivity contribution is 9.10. The Morgan fingerprint density at radius 2 is 2.05 bits per heavy atom. The summed E-state index contributed by atoms with van der Waals surface area (Å²) in [5, 5.41) is 11.3. The Bertz CT molecular complexity index is 664. The largest absolute Gasteiger partial charge is 0.487 e. The molecule has 0 saturated heterocycles. The zero-order chi connectivity index (χ0) is 14.7. The molecule has 0 fully saturated rings. The first-order chi connectivity index (χ1) is 9.47. The second-order valence-corrected chi connectivity index (χ2v) is 5.34. The molecule has 0 radical (unpaired) electrons. The first kappa shape index (κ1) is 14.6. The SMILES string of the molecule is Nc1ccc(COc2cc(Br)ccc2Cl)cc1[N+](=O)[O-]. The number of nitro benzene ring substituents is 1. The molecular weight excluding hydrogens is 348 g/mol. The normalized spacial score (nSPS) is 10.3. The van der Waals surface area contributed by atoms with Crippen LogP contribution in [0.4, 0.5) is 11.4 Å². The number of nitrogen functional groups attached to an aromatic ring is 1. The van der Waals surface area contributed by atoms with Gasteiger partial charge in [-0.25, -0.2) is 0 Å². The van der Waals surface area contributed by atoms with Gasteiger partial charge in [0.15, 0.2) is 0 Å². The van der Waals surface area contributed by atoms with Crippen LogP contribution in [0.5, 0.6) is 5.75 Å². The van der Waals surface area contributed by atoms with E-state index < -0.39 is 4.92 Å². The molecule has 2 rings (SSSR count). The summed E-state index contributed by atoms with van der Waals surface area (Å²) in [5.74, 6) is 0.500. The average Bonchev–Trinajstić information content (AvgIpc) is 2.41. The number of hydrogen-bond donors (Lipinski definition) is 1. The van der Waals surface area contributed by atoms with Crippen LogP contribution in [-0.2, 0) is 6.61 Å². The number of rotatable bonds is 4. The van der Waals surface area contributed by atoms with Gasteiger partial charge in [0.1, 0.15) is 18.0 Å². The van der Waals surface area contributed by atoms with Crippen LogP contribution in [0.15, 0.2) is 40.9 Å². The van der Waals surface area contributed by atoms with Crippen molar-refractivity contribution in [2.24, 2.45) is 0 Å². The Hall–Kier alpha value is -1.79. The van der Waals surface area contributed by atoms with Gasteiger partial charge in [-0.2, -0.15) is 0 Å². The molecule has 104 valence electrons. The summed E-state index contributed by atoms with van der Waals surface area (Å²) in [6, 6.07) is 9.78. The van der Waals surface area contributed by atoms with Crippen molar-refractivity contribution in [1.82, 2.24) is 0 Å². The number of nitrogens with two attached hydrogens (primary N) is 1. The van der Waals surface area contributed by atoms with Crippen molar-refractivity contribution in [1.29, 1.82) is 0 Å². The number of nitro groups is 1. The predicted molar refractivity (Wildman–Crippen MR) is 81.0 cm³/mol. The summed E-state index contributed by atoms with van der Waals surface area (Å²) >= 11 is 9.31. The monoisotopic (exact) mass is 356 g/mol.